The van der Waals surface area contributed by atoms with Gasteiger partial charge >= 0.3 is 5.97 Å². The zero-order valence-electron chi connectivity index (χ0n) is 9.48. The summed E-state index contributed by atoms with van der Waals surface area (Å²) in [5.41, 5.74) is 0. The molecule has 84 valence electrons. The Morgan fingerprint density at radius 2 is 1.50 bits per heavy atom. The topological polar surface area (TPSA) is 54.4 Å². The second-order valence-corrected chi connectivity index (χ2v) is 6.19. The van der Waals surface area contributed by atoms with Crippen molar-refractivity contribution in [2.24, 2.45) is 11.8 Å². The molecule has 0 spiro atoms. The van der Waals surface area contributed by atoms with Gasteiger partial charge in [-0.3, -0.25) is 9.00 Å². The first kappa shape index (κ1) is 13.6. The van der Waals surface area contributed by atoms with Crippen LogP contribution in [0.2, 0.25) is 0 Å². The fourth-order valence-corrected chi connectivity index (χ4v) is 2.89. The molecule has 3 nitrogen and oxygen atoms in total. The van der Waals surface area contributed by atoms with Crippen LogP contribution in [0.4, 0.5) is 0 Å². The third-order valence-corrected chi connectivity index (χ3v) is 4.93. The molecule has 0 aliphatic heterocycles. The van der Waals surface area contributed by atoms with E-state index >= 15 is 0 Å². The molecule has 0 aromatic rings. The molecule has 0 radical (unpaired) electrons. The van der Waals surface area contributed by atoms with Crippen molar-refractivity contribution in [2.75, 3.05) is 0 Å². The first-order valence-corrected chi connectivity index (χ1v) is 6.18. The van der Waals surface area contributed by atoms with Gasteiger partial charge in [0.1, 0.15) is 5.25 Å². The maximum absolute atomic E-state index is 11.9. The lowest BCUT2D eigenvalue weighted by molar-refractivity contribution is -0.137. The van der Waals surface area contributed by atoms with E-state index in [-0.39, 0.29) is 17.1 Å². The summed E-state index contributed by atoms with van der Waals surface area (Å²) < 4.78 is 11.9. The minimum absolute atomic E-state index is 0.0708. The Labute approximate surface area is 88.4 Å². The van der Waals surface area contributed by atoms with Crippen molar-refractivity contribution >= 4 is 16.8 Å². The Balaban J connectivity index is 4.69. The molecule has 0 aromatic heterocycles. The quantitative estimate of drug-likeness (QED) is 0.769. The van der Waals surface area contributed by atoms with Crippen LogP contribution in [0.1, 0.15) is 34.6 Å². The molecular weight excluding hydrogens is 200 g/mol. The normalized spacial score (nSPS) is 18.2. The third-order valence-electron chi connectivity index (χ3n) is 2.40. The Bertz CT molecular complexity index is 223. The first-order valence-electron chi connectivity index (χ1n) is 4.91. The summed E-state index contributed by atoms with van der Waals surface area (Å²) in [5, 5.41) is 8.14. The molecule has 0 saturated carbocycles. The van der Waals surface area contributed by atoms with Crippen molar-refractivity contribution in [2.45, 2.75) is 45.1 Å². The first-order chi connectivity index (χ1) is 6.29. The van der Waals surface area contributed by atoms with Crippen LogP contribution in [-0.2, 0) is 15.6 Å². The summed E-state index contributed by atoms with van der Waals surface area (Å²) in [6.45, 7) is 9.36. The monoisotopic (exact) mass is 220 g/mol. The number of carboxylic acids is 1. The second kappa shape index (κ2) is 5.49. The molecule has 0 aromatic carbocycles. The SMILES string of the molecule is CC(C)C(C)S(=O)C(C(=O)O)C(C)C. The summed E-state index contributed by atoms with van der Waals surface area (Å²) in [6.07, 6.45) is 0. The van der Waals surface area contributed by atoms with Crippen LogP contribution in [0.3, 0.4) is 0 Å². The Morgan fingerprint density at radius 3 is 1.71 bits per heavy atom. The Kier molecular flexibility index (Phi) is 5.34. The highest BCUT2D eigenvalue weighted by Crippen LogP contribution is 2.18. The van der Waals surface area contributed by atoms with Crippen molar-refractivity contribution < 1.29 is 14.1 Å². The van der Waals surface area contributed by atoms with E-state index in [1.807, 2.05) is 20.8 Å². The molecule has 14 heavy (non-hydrogen) atoms. The minimum atomic E-state index is -1.29. The highest BCUT2D eigenvalue weighted by atomic mass is 32.2. The molecule has 0 amide bonds. The van der Waals surface area contributed by atoms with E-state index < -0.39 is 22.0 Å². The van der Waals surface area contributed by atoms with E-state index in [2.05, 4.69) is 0 Å². The molecule has 0 rings (SSSR count). The van der Waals surface area contributed by atoms with Crippen LogP contribution in [0.15, 0.2) is 0 Å². The predicted octanol–water partition coefficient (Wildman–Crippen LogP) is 1.89. The van der Waals surface area contributed by atoms with Crippen LogP contribution in [0.25, 0.3) is 0 Å². The second-order valence-electron chi connectivity index (χ2n) is 4.28. The molecule has 3 unspecified atom stereocenters. The van der Waals surface area contributed by atoms with Crippen LogP contribution in [-0.4, -0.2) is 25.8 Å². The zero-order chi connectivity index (χ0) is 11.5. The van der Waals surface area contributed by atoms with Gasteiger partial charge in [-0.05, 0) is 11.8 Å². The van der Waals surface area contributed by atoms with Crippen molar-refractivity contribution in [3.63, 3.8) is 0 Å². The van der Waals surface area contributed by atoms with Gasteiger partial charge in [-0.1, -0.05) is 34.6 Å². The zero-order valence-corrected chi connectivity index (χ0v) is 10.3. The summed E-state index contributed by atoms with van der Waals surface area (Å²) in [5.74, 6) is -0.795. The highest BCUT2D eigenvalue weighted by Gasteiger charge is 2.32. The summed E-state index contributed by atoms with van der Waals surface area (Å²) in [4.78, 5) is 10.9. The van der Waals surface area contributed by atoms with Gasteiger partial charge < -0.3 is 5.11 Å². The van der Waals surface area contributed by atoms with E-state index in [0.29, 0.717) is 0 Å². The summed E-state index contributed by atoms with van der Waals surface area (Å²) in [7, 11) is -1.29. The lowest BCUT2D eigenvalue weighted by Gasteiger charge is -2.22. The van der Waals surface area contributed by atoms with Crippen LogP contribution in [0, 0.1) is 11.8 Å². The van der Waals surface area contributed by atoms with Crippen LogP contribution in [0.5, 0.6) is 0 Å². The molecule has 0 aliphatic rings. The van der Waals surface area contributed by atoms with E-state index in [1.165, 1.54) is 0 Å². The number of rotatable bonds is 5. The molecular formula is C10H20O3S. The molecule has 0 fully saturated rings. The maximum atomic E-state index is 11.9. The largest absolute Gasteiger partial charge is 0.480 e. The van der Waals surface area contributed by atoms with E-state index in [9.17, 15) is 9.00 Å². The maximum Gasteiger partial charge on any atom is 0.319 e. The molecule has 4 heteroatoms. The Hall–Kier alpha value is -0.380. The number of aliphatic carboxylic acids is 1. The Morgan fingerprint density at radius 1 is 1.07 bits per heavy atom. The third kappa shape index (κ3) is 3.40. The number of carboxylic acid groups (broad SMARTS) is 1. The molecule has 0 heterocycles. The predicted molar refractivity (Wildman–Crippen MR) is 58.7 cm³/mol. The number of hydrogen-bond donors (Lipinski definition) is 1. The van der Waals surface area contributed by atoms with E-state index in [0.717, 1.165) is 0 Å². The number of hydrogen-bond acceptors (Lipinski definition) is 2. The summed E-state index contributed by atoms with van der Waals surface area (Å²) >= 11 is 0. The van der Waals surface area contributed by atoms with Gasteiger partial charge in [0.05, 0.1) is 0 Å². The van der Waals surface area contributed by atoms with Crippen LogP contribution < -0.4 is 0 Å². The van der Waals surface area contributed by atoms with Crippen molar-refractivity contribution in [3.05, 3.63) is 0 Å². The van der Waals surface area contributed by atoms with Crippen molar-refractivity contribution in [1.29, 1.82) is 0 Å². The van der Waals surface area contributed by atoms with Gasteiger partial charge in [-0.2, -0.15) is 0 Å². The van der Waals surface area contributed by atoms with Crippen molar-refractivity contribution in [1.82, 2.24) is 0 Å². The highest BCUT2D eigenvalue weighted by molar-refractivity contribution is 7.87. The van der Waals surface area contributed by atoms with Crippen LogP contribution >= 0.6 is 0 Å². The van der Waals surface area contributed by atoms with Gasteiger partial charge in [-0.15, -0.1) is 0 Å². The van der Waals surface area contributed by atoms with E-state index in [1.54, 1.807) is 13.8 Å². The molecule has 0 bridgehead atoms. The van der Waals surface area contributed by atoms with Gasteiger partial charge in [0, 0.05) is 16.0 Å². The van der Waals surface area contributed by atoms with E-state index in [4.69, 9.17) is 5.11 Å². The smallest absolute Gasteiger partial charge is 0.319 e. The lowest BCUT2D eigenvalue weighted by atomic mass is 10.1. The lowest BCUT2D eigenvalue weighted by Crippen LogP contribution is -2.37. The summed E-state index contributed by atoms with van der Waals surface area (Å²) in [6, 6.07) is 0. The molecule has 1 N–H and O–H groups in total. The fourth-order valence-electron chi connectivity index (χ4n) is 1.15. The van der Waals surface area contributed by atoms with Gasteiger partial charge in [0.2, 0.25) is 0 Å². The standard InChI is InChI=1S/C10H20O3S/c1-6(2)8(5)14(13)9(7(3)4)10(11)12/h6-9H,1-5H3,(H,11,12). The minimum Gasteiger partial charge on any atom is -0.480 e. The number of carbonyl (C=O) groups is 1. The molecule has 0 aliphatic carbocycles. The fraction of sp³-hybridized carbons (Fsp3) is 0.900. The molecule has 0 saturated heterocycles. The van der Waals surface area contributed by atoms with Crippen molar-refractivity contribution in [3.8, 4) is 0 Å². The van der Waals surface area contributed by atoms with Gasteiger partial charge in [0.15, 0.2) is 0 Å². The van der Waals surface area contributed by atoms with Gasteiger partial charge in [-0.25, -0.2) is 0 Å². The average Bonchev–Trinajstić information content (AvgIpc) is 2.01. The average molecular weight is 220 g/mol. The van der Waals surface area contributed by atoms with Gasteiger partial charge in [0.25, 0.3) is 0 Å². The molecule has 3 atom stereocenters.